The first kappa shape index (κ1) is 12.2. The molecule has 1 aromatic heterocycles. The van der Waals surface area contributed by atoms with Crippen LogP contribution in [0.4, 0.5) is 5.82 Å². The summed E-state index contributed by atoms with van der Waals surface area (Å²) in [6, 6.07) is 7.74. The molecular weight excluding hydrogens is 238 g/mol. The third-order valence-corrected chi connectivity index (χ3v) is 3.89. The first-order valence-electron chi connectivity index (χ1n) is 6.68. The quantitative estimate of drug-likeness (QED) is 0.884. The lowest BCUT2D eigenvalue weighted by Gasteiger charge is -2.35. The van der Waals surface area contributed by atoms with Gasteiger partial charge in [-0.3, -0.25) is 0 Å². The van der Waals surface area contributed by atoms with Crippen molar-refractivity contribution < 1.29 is 5.11 Å². The zero-order valence-corrected chi connectivity index (χ0v) is 11.1. The van der Waals surface area contributed by atoms with Crippen LogP contribution in [0, 0.1) is 5.92 Å². The minimum atomic E-state index is 0.279. The number of hydrogen-bond donors (Lipinski definition) is 2. The lowest BCUT2D eigenvalue weighted by Crippen LogP contribution is -2.42. The topological polar surface area (TPSA) is 62.4 Å². The molecule has 1 fully saturated rings. The number of benzene rings is 1. The van der Waals surface area contributed by atoms with Crippen LogP contribution in [0.25, 0.3) is 10.8 Å². The van der Waals surface area contributed by atoms with Gasteiger partial charge in [-0.05, 0) is 42.3 Å². The van der Waals surface area contributed by atoms with Crippen LogP contribution in [0.2, 0.25) is 0 Å². The Morgan fingerprint density at radius 2 is 2.16 bits per heavy atom. The number of fused-ring (bicyclic) bond motifs is 1. The van der Waals surface area contributed by atoms with Crippen LogP contribution in [0.5, 0.6) is 5.75 Å². The molecule has 3 rings (SSSR count). The molecule has 3 N–H and O–H groups in total. The molecule has 0 spiro atoms. The third-order valence-electron chi connectivity index (χ3n) is 3.89. The second-order valence-corrected chi connectivity index (χ2v) is 5.52. The van der Waals surface area contributed by atoms with E-state index in [9.17, 15) is 5.11 Å². The number of pyridine rings is 1. The fraction of sp³-hybridized carbons (Fsp3) is 0.400. The number of nitrogens with two attached hydrogens (primary N) is 1. The molecule has 0 saturated heterocycles. The fourth-order valence-corrected chi connectivity index (χ4v) is 2.86. The summed E-state index contributed by atoms with van der Waals surface area (Å²) in [7, 11) is 2.05. The fourth-order valence-electron chi connectivity index (χ4n) is 2.86. The molecule has 0 atom stereocenters. The van der Waals surface area contributed by atoms with Crippen LogP contribution >= 0.6 is 0 Å². The highest BCUT2D eigenvalue weighted by Crippen LogP contribution is 2.31. The molecule has 2 aromatic rings. The number of phenolic OH excluding ortho intramolecular Hbond substituents is 1. The van der Waals surface area contributed by atoms with Gasteiger partial charge >= 0.3 is 0 Å². The summed E-state index contributed by atoms with van der Waals surface area (Å²) >= 11 is 0. The van der Waals surface area contributed by atoms with E-state index in [1.165, 1.54) is 0 Å². The van der Waals surface area contributed by atoms with Crippen molar-refractivity contribution in [3.63, 3.8) is 0 Å². The molecule has 0 bridgehead atoms. The van der Waals surface area contributed by atoms with E-state index < -0.39 is 0 Å². The predicted molar refractivity (Wildman–Crippen MR) is 77.4 cm³/mol. The number of aromatic hydroxyl groups is 1. The Kier molecular flexibility index (Phi) is 3.03. The molecule has 4 nitrogen and oxygen atoms in total. The average Bonchev–Trinajstić information content (AvgIpc) is 2.36. The minimum Gasteiger partial charge on any atom is -0.508 e. The molecule has 100 valence electrons. The van der Waals surface area contributed by atoms with Crippen molar-refractivity contribution in [2.24, 2.45) is 11.7 Å². The first-order valence-corrected chi connectivity index (χ1v) is 6.68. The molecule has 0 amide bonds. The van der Waals surface area contributed by atoms with Crippen LogP contribution in [-0.4, -0.2) is 29.7 Å². The standard InChI is InChI=1S/C15H19N3O/c1-18(9-10-6-12(16)7-10)15-14-8-13(19)3-2-11(14)4-5-17-15/h2-5,8,10,12,19H,6-7,9,16H2,1H3. The van der Waals surface area contributed by atoms with Gasteiger partial charge in [0, 0.05) is 31.2 Å². The van der Waals surface area contributed by atoms with Crippen LogP contribution in [0.1, 0.15) is 12.8 Å². The van der Waals surface area contributed by atoms with Crippen molar-refractivity contribution >= 4 is 16.6 Å². The highest BCUT2D eigenvalue weighted by atomic mass is 16.3. The van der Waals surface area contributed by atoms with Crippen LogP contribution in [-0.2, 0) is 0 Å². The molecule has 1 aromatic carbocycles. The smallest absolute Gasteiger partial charge is 0.136 e. The summed E-state index contributed by atoms with van der Waals surface area (Å²) in [4.78, 5) is 6.63. The monoisotopic (exact) mass is 257 g/mol. The van der Waals surface area contributed by atoms with Crippen LogP contribution in [0.15, 0.2) is 30.5 Å². The summed E-state index contributed by atoms with van der Waals surface area (Å²) in [5, 5.41) is 11.7. The van der Waals surface area contributed by atoms with Crippen molar-refractivity contribution in [2.45, 2.75) is 18.9 Å². The number of hydrogen-bond acceptors (Lipinski definition) is 4. The Balaban J connectivity index is 1.88. The molecule has 1 heterocycles. The van der Waals surface area contributed by atoms with Crippen LogP contribution in [0.3, 0.4) is 0 Å². The lowest BCUT2D eigenvalue weighted by molar-refractivity contribution is 0.271. The molecule has 19 heavy (non-hydrogen) atoms. The normalized spacial score (nSPS) is 22.2. The third kappa shape index (κ3) is 2.36. The Morgan fingerprint density at radius 1 is 1.37 bits per heavy atom. The molecule has 1 aliphatic carbocycles. The van der Waals surface area contributed by atoms with Gasteiger partial charge in [-0.2, -0.15) is 0 Å². The highest BCUT2D eigenvalue weighted by molar-refractivity contribution is 5.93. The Hall–Kier alpha value is -1.81. The average molecular weight is 257 g/mol. The number of nitrogens with zero attached hydrogens (tertiary/aromatic N) is 2. The van der Waals surface area contributed by atoms with Crippen molar-refractivity contribution in [2.75, 3.05) is 18.5 Å². The molecule has 4 heteroatoms. The van der Waals surface area contributed by atoms with Crippen molar-refractivity contribution in [1.82, 2.24) is 4.98 Å². The SMILES string of the molecule is CN(CC1CC(N)C1)c1nccc2ccc(O)cc12. The summed E-state index contributed by atoms with van der Waals surface area (Å²) in [6.45, 7) is 0.968. The van der Waals surface area contributed by atoms with E-state index in [0.29, 0.717) is 12.0 Å². The Morgan fingerprint density at radius 3 is 2.89 bits per heavy atom. The van der Waals surface area contributed by atoms with E-state index >= 15 is 0 Å². The number of rotatable bonds is 3. The number of phenols is 1. The zero-order chi connectivity index (χ0) is 13.4. The maximum absolute atomic E-state index is 9.65. The van der Waals surface area contributed by atoms with E-state index in [1.807, 2.05) is 18.3 Å². The van der Waals surface area contributed by atoms with Gasteiger partial charge in [-0.1, -0.05) is 6.07 Å². The first-order chi connectivity index (χ1) is 9.13. The summed E-state index contributed by atoms with van der Waals surface area (Å²) in [5.41, 5.74) is 5.83. The van der Waals surface area contributed by atoms with Gasteiger partial charge < -0.3 is 15.7 Å². The zero-order valence-electron chi connectivity index (χ0n) is 11.1. The molecule has 1 saturated carbocycles. The number of aromatic nitrogens is 1. The van der Waals surface area contributed by atoms with E-state index in [2.05, 4.69) is 16.9 Å². The second-order valence-electron chi connectivity index (χ2n) is 5.52. The molecule has 0 unspecified atom stereocenters. The summed E-state index contributed by atoms with van der Waals surface area (Å²) in [5.74, 6) is 1.86. The molecular formula is C15H19N3O. The van der Waals surface area contributed by atoms with Gasteiger partial charge in [0.15, 0.2) is 0 Å². The maximum atomic E-state index is 9.65. The van der Waals surface area contributed by atoms with Crippen LogP contribution < -0.4 is 10.6 Å². The molecule has 1 aliphatic rings. The van der Waals surface area contributed by atoms with Crippen molar-refractivity contribution in [1.29, 1.82) is 0 Å². The Bertz CT molecular complexity index is 593. The van der Waals surface area contributed by atoms with Crippen molar-refractivity contribution in [3.8, 4) is 5.75 Å². The van der Waals surface area contributed by atoms with Gasteiger partial charge in [0.05, 0.1) is 0 Å². The van der Waals surface area contributed by atoms with Gasteiger partial charge in [0.1, 0.15) is 11.6 Å². The lowest BCUT2D eigenvalue weighted by atomic mass is 9.80. The second kappa shape index (κ2) is 4.70. The predicted octanol–water partition coefficient (Wildman–Crippen LogP) is 2.11. The Labute approximate surface area is 112 Å². The molecule has 0 aliphatic heterocycles. The van der Waals surface area contributed by atoms with E-state index in [0.717, 1.165) is 36.0 Å². The number of anilines is 1. The van der Waals surface area contributed by atoms with Gasteiger partial charge in [-0.15, -0.1) is 0 Å². The summed E-state index contributed by atoms with van der Waals surface area (Å²) in [6.07, 6.45) is 4.01. The van der Waals surface area contributed by atoms with Gasteiger partial charge in [-0.25, -0.2) is 4.98 Å². The minimum absolute atomic E-state index is 0.279. The summed E-state index contributed by atoms with van der Waals surface area (Å²) < 4.78 is 0. The van der Waals surface area contributed by atoms with E-state index in [-0.39, 0.29) is 5.75 Å². The maximum Gasteiger partial charge on any atom is 0.136 e. The van der Waals surface area contributed by atoms with E-state index in [4.69, 9.17) is 5.73 Å². The van der Waals surface area contributed by atoms with Gasteiger partial charge in [0.2, 0.25) is 0 Å². The van der Waals surface area contributed by atoms with E-state index in [1.54, 1.807) is 12.1 Å². The van der Waals surface area contributed by atoms with Gasteiger partial charge in [0.25, 0.3) is 0 Å². The van der Waals surface area contributed by atoms with Crippen molar-refractivity contribution in [3.05, 3.63) is 30.5 Å². The highest BCUT2D eigenvalue weighted by Gasteiger charge is 2.27. The largest absolute Gasteiger partial charge is 0.508 e. The molecule has 0 radical (unpaired) electrons.